The third-order valence-electron chi connectivity index (χ3n) is 5.96. The Kier molecular flexibility index (Phi) is 12.9. The van der Waals surface area contributed by atoms with E-state index >= 15 is 0 Å². The Labute approximate surface area is 256 Å². The van der Waals surface area contributed by atoms with Crippen LogP contribution in [0.15, 0.2) is 66.7 Å². The van der Waals surface area contributed by atoms with Crippen molar-refractivity contribution in [3.05, 3.63) is 93.5 Å². The third kappa shape index (κ3) is 11.6. The molecule has 13 heteroatoms. The number of aliphatic carboxylic acids is 1. The van der Waals surface area contributed by atoms with Gasteiger partial charge in [0, 0.05) is 29.6 Å². The molecule has 1 unspecified atom stereocenters. The minimum absolute atomic E-state index is 0.0549. The van der Waals surface area contributed by atoms with E-state index in [9.17, 15) is 27.9 Å². The number of carboxylic acid groups (broad SMARTS) is 1. The average molecular weight is 644 g/mol. The van der Waals surface area contributed by atoms with Crippen LogP contribution in [0.4, 0.5) is 18.0 Å². The number of rotatable bonds is 15. The summed E-state index contributed by atoms with van der Waals surface area (Å²) in [6.07, 6.45) is -6.09. The molecule has 0 aliphatic heterocycles. The van der Waals surface area contributed by atoms with Gasteiger partial charge in [-0.1, -0.05) is 35.3 Å². The Morgan fingerprint density at radius 2 is 1.49 bits per heavy atom. The highest BCUT2D eigenvalue weighted by Crippen LogP contribution is 2.30. The van der Waals surface area contributed by atoms with Crippen LogP contribution in [-0.4, -0.2) is 61.1 Å². The number of nitrogens with zero attached hydrogens (tertiary/aromatic N) is 1. The van der Waals surface area contributed by atoms with Crippen LogP contribution in [0.2, 0.25) is 10.0 Å². The Morgan fingerprint density at radius 3 is 2.07 bits per heavy atom. The number of halogens is 5. The predicted molar refractivity (Wildman–Crippen MR) is 154 cm³/mol. The summed E-state index contributed by atoms with van der Waals surface area (Å²) in [5, 5.41) is 10.2. The summed E-state index contributed by atoms with van der Waals surface area (Å²) in [5.41, 5.74) is 0.613. The van der Waals surface area contributed by atoms with Crippen molar-refractivity contribution in [3.63, 3.8) is 0 Å². The van der Waals surface area contributed by atoms with Crippen LogP contribution in [0.5, 0.6) is 11.5 Å². The standard InChI is InChI=1S/C30H30Cl2F3NO7/c1-2-41-27(28(37)38)17-20-3-7-25(8-4-20)42-14-12-36(11-13-40-19-21-15-23(31)18-24(32)16-21)29(39)43-26-9-5-22(6-10-26)30(33,34)35/h3-10,15-16,18,27H,2,11-14,17,19H2,1H3,(H,37,38). The first-order chi connectivity index (χ1) is 20.4. The molecule has 0 bridgehead atoms. The average Bonchev–Trinajstić information content (AvgIpc) is 2.94. The lowest BCUT2D eigenvalue weighted by molar-refractivity contribution is -0.150. The van der Waals surface area contributed by atoms with E-state index in [4.69, 9.17) is 42.1 Å². The topological polar surface area (TPSA) is 94.5 Å². The number of hydrogen-bond donors (Lipinski definition) is 1. The first-order valence-electron chi connectivity index (χ1n) is 13.2. The molecule has 1 atom stereocenters. The van der Waals surface area contributed by atoms with E-state index < -0.39 is 29.9 Å². The van der Waals surface area contributed by atoms with Crippen molar-refractivity contribution in [3.8, 4) is 11.5 Å². The van der Waals surface area contributed by atoms with Gasteiger partial charge in [0.25, 0.3) is 0 Å². The van der Waals surface area contributed by atoms with Crippen LogP contribution in [0.25, 0.3) is 0 Å². The van der Waals surface area contributed by atoms with E-state index in [2.05, 4.69) is 0 Å². The van der Waals surface area contributed by atoms with E-state index in [1.54, 1.807) is 49.4 Å². The van der Waals surface area contributed by atoms with Gasteiger partial charge in [0.1, 0.15) is 18.1 Å². The summed E-state index contributed by atoms with van der Waals surface area (Å²) in [4.78, 5) is 25.6. The minimum atomic E-state index is -4.52. The molecule has 0 saturated carbocycles. The Hall–Kier alpha value is -3.51. The molecule has 43 heavy (non-hydrogen) atoms. The van der Waals surface area contributed by atoms with Gasteiger partial charge in [-0.05, 0) is 72.6 Å². The number of ether oxygens (including phenoxy) is 4. The molecule has 0 heterocycles. The highest BCUT2D eigenvalue weighted by Gasteiger charge is 2.30. The van der Waals surface area contributed by atoms with Gasteiger partial charge in [0.05, 0.1) is 25.3 Å². The van der Waals surface area contributed by atoms with Crippen molar-refractivity contribution >= 4 is 35.3 Å². The molecule has 0 saturated heterocycles. The molecular weight excluding hydrogens is 614 g/mol. The second kappa shape index (κ2) is 16.4. The van der Waals surface area contributed by atoms with Crippen LogP contribution in [0.3, 0.4) is 0 Å². The number of benzene rings is 3. The lowest BCUT2D eigenvalue weighted by Gasteiger charge is -2.22. The fraction of sp³-hybridized carbons (Fsp3) is 0.333. The van der Waals surface area contributed by atoms with Crippen LogP contribution in [0.1, 0.15) is 23.6 Å². The normalized spacial score (nSPS) is 12.0. The molecule has 0 radical (unpaired) electrons. The van der Waals surface area contributed by atoms with E-state index in [0.29, 0.717) is 15.8 Å². The summed E-state index contributed by atoms with van der Waals surface area (Å²) >= 11 is 12.0. The van der Waals surface area contributed by atoms with Gasteiger partial charge >= 0.3 is 18.2 Å². The maximum Gasteiger partial charge on any atom is 0.416 e. The zero-order chi connectivity index (χ0) is 31.4. The highest BCUT2D eigenvalue weighted by molar-refractivity contribution is 6.34. The molecule has 0 aliphatic rings. The van der Waals surface area contributed by atoms with Gasteiger partial charge < -0.3 is 29.0 Å². The van der Waals surface area contributed by atoms with Gasteiger partial charge in [-0.2, -0.15) is 13.2 Å². The van der Waals surface area contributed by atoms with Crippen LogP contribution >= 0.6 is 23.2 Å². The molecule has 232 valence electrons. The number of amides is 1. The Morgan fingerprint density at radius 1 is 0.884 bits per heavy atom. The van der Waals surface area contributed by atoms with Crippen molar-refractivity contribution < 1.29 is 46.8 Å². The molecule has 0 aliphatic carbocycles. The quantitative estimate of drug-likeness (QED) is 0.176. The number of carbonyl (C=O) groups excluding carboxylic acids is 1. The Balaban J connectivity index is 1.59. The van der Waals surface area contributed by atoms with Crippen LogP contribution in [-0.2, 0) is 33.5 Å². The zero-order valence-electron chi connectivity index (χ0n) is 23.1. The number of alkyl halides is 3. The molecule has 1 amide bonds. The van der Waals surface area contributed by atoms with E-state index in [1.807, 2.05) is 0 Å². The first-order valence-corrected chi connectivity index (χ1v) is 13.9. The number of carboxylic acids is 1. The molecule has 0 aromatic heterocycles. The highest BCUT2D eigenvalue weighted by atomic mass is 35.5. The smallest absolute Gasteiger partial charge is 0.416 e. The second-order valence-electron chi connectivity index (χ2n) is 9.19. The van der Waals surface area contributed by atoms with Gasteiger partial charge in [-0.25, -0.2) is 9.59 Å². The minimum Gasteiger partial charge on any atom is -0.492 e. The second-order valence-corrected chi connectivity index (χ2v) is 10.1. The fourth-order valence-electron chi connectivity index (χ4n) is 3.86. The molecule has 3 aromatic rings. The first kappa shape index (κ1) is 34.0. The summed E-state index contributed by atoms with van der Waals surface area (Å²) in [6.45, 7) is 2.49. The summed E-state index contributed by atoms with van der Waals surface area (Å²) in [7, 11) is 0. The van der Waals surface area contributed by atoms with Crippen LogP contribution < -0.4 is 9.47 Å². The molecule has 3 rings (SSSR count). The van der Waals surface area contributed by atoms with E-state index in [-0.39, 0.29) is 51.7 Å². The van der Waals surface area contributed by atoms with Crippen molar-refractivity contribution in [1.82, 2.24) is 4.90 Å². The molecule has 3 aromatic carbocycles. The summed E-state index contributed by atoms with van der Waals surface area (Å²) in [6, 6.07) is 15.5. The Bertz CT molecular complexity index is 1320. The van der Waals surface area contributed by atoms with Gasteiger partial charge in [0.15, 0.2) is 6.10 Å². The molecule has 1 N–H and O–H groups in total. The van der Waals surface area contributed by atoms with E-state index in [0.717, 1.165) is 35.4 Å². The summed E-state index contributed by atoms with van der Waals surface area (Å²) in [5.74, 6) is -0.622. The van der Waals surface area contributed by atoms with Crippen molar-refractivity contribution in [2.45, 2.75) is 32.2 Å². The summed E-state index contributed by atoms with van der Waals surface area (Å²) < 4.78 is 60.6. The molecule has 0 spiro atoms. The lowest BCUT2D eigenvalue weighted by Crippen LogP contribution is -2.39. The number of hydrogen-bond acceptors (Lipinski definition) is 6. The van der Waals surface area contributed by atoms with Gasteiger partial charge in [-0.3, -0.25) is 0 Å². The molecule has 0 fully saturated rings. The van der Waals surface area contributed by atoms with Crippen molar-refractivity contribution in [1.29, 1.82) is 0 Å². The monoisotopic (exact) mass is 643 g/mol. The predicted octanol–water partition coefficient (Wildman–Crippen LogP) is 7.14. The van der Waals surface area contributed by atoms with Crippen molar-refractivity contribution in [2.24, 2.45) is 0 Å². The fourth-order valence-corrected chi connectivity index (χ4v) is 4.43. The zero-order valence-corrected chi connectivity index (χ0v) is 24.6. The van der Waals surface area contributed by atoms with Gasteiger partial charge in [0.2, 0.25) is 0 Å². The maximum atomic E-state index is 12.9. The largest absolute Gasteiger partial charge is 0.492 e. The maximum absolute atomic E-state index is 12.9. The number of carbonyl (C=O) groups is 2. The van der Waals surface area contributed by atoms with Crippen molar-refractivity contribution in [2.75, 3.05) is 32.9 Å². The lowest BCUT2D eigenvalue weighted by atomic mass is 10.1. The van der Waals surface area contributed by atoms with E-state index in [1.165, 1.54) is 4.90 Å². The third-order valence-corrected chi connectivity index (χ3v) is 6.40. The molecule has 8 nitrogen and oxygen atoms in total. The molecular formula is C30H30Cl2F3NO7. The van der Waals surface area contributed by atoms with Crippen LogP contribution in [0, 0.1) is 0 Å². The van der Waals surface area contributed by atoms with Gasteiger partial charge in [-0.15, -0.1) is 0 Å². The SMILES string of the molecule is CCOC(Cc1ccc(OCCN(CCOCc2cc(Cl)cc(Cl)c2)C(=O)Oc2ccc(C(F)(F)F)cc2)cc1)C(=O)O.